The molecule has 2 aromatic rings. The highest BCUT2D eigenvalue weighted by Crippen LogP contribution is 2.25. The highest BCUT2D eigenvalue weighted by Gasteiger charge is 2.09. The van der Waals surface area contributed by atoms with E-state index in [0.29, 0.717) is 5.69 Å². The first kappa shape index (κ1) is 10.5. The van der Waals surface area contributed by atoms with Gasteiger partial charge in [0.25, 0.3) is 0 Å². The van der Waals surface area contributed by atoms with Crippen LogP contribution in [0.15, 0.2) is 42.7 Å². The largest absolute Gasteiger partial charge is 0.341 e. The zero-order valence-electron chi connectivity index (χ0n) is 8.69. The van der Waals surface area contributed by atoms with Gasteiger partial charge in [-0.1, -0.05) is 0 Å². The Morgan fingerprint density at radius 2 is 2.00 bits per heavy atom. The van der Waals surface area contributed by atoms with Crippen LogP contribution >= 0.6 is 0 Å². The van der Waals surface area contributed by atoms with Crippen LogP contribution in [0.5, 0.6) is 0 Å². The lowest BCUT2D eigenvalue weighted by molar-refractivity contribution is 0.583. The summed E-state index contributed by atoms with van der Waals surface area (Å²) in [4.78, 5) is 5.55. The first-order chi connectivity index (χ1) is 7.68. The normalized spacial score (nSPS) is 10.2. The lowest BCUT2D eigenvalue weighted by atomic mass is 10.2. The predicted molar refractivity (Wildman–Crippen MR) is 58.7 cm³/mol. The standard InChI is InChI=1S/C12H10F2N2/c1-16(10-3-2-6-15-8-10)12-5-4-9(13)7-11(12)14/h2-8H,1H3. The molecule has 1 heterocycles. The molecule has 0 aliphatic rings. The molecule has 0 aliphatic carbocycles. The molecule has 0 amide bonds. The van der Waals surface area contributed by atoms with E-state index in [-0.39, 0.29) is 0 Å². The zero-order valence-corrected chi connectivity index (χ0v) is 8.69. The molecule has 1 aromatic heterocycles. The second-order valence-electron chi connectivity index (χ2n) is 3.37. The van der Waals surface area contributed by atoms with Crippen molar-refractivity contribution >= 4 is 11.4 Å². The quantitative estimate of drug-likeness (QED) is 0.773. The number of halogens is 2. The molecule has 4 heteroatoms. The minimum absolute atomic E-state index is 0.314. The Balaban J connectivity index is 2.38. The fraction of sp³-hybridized carbons (Fsp3) is 0.0833. The second-order valence-corrected chi connectivity index (χ2v) is 3.37. The van der Waals surface area contributed by atoms with Crippen molar-refractivity contribution in [3.8, 4) is 0 Å². The van der Waals surface area contributed by atoms with Gasteiger partial charge < -0.3 is 4.90 Å². The topological polar surface area (TPSA) is 16.1 Å². The van der Waals surface area contributed by atoms with Crippen molar-refractivity contribution in [2.75, 3.05) is 11.9 Å². The number of hydrogen-bond acceptors (Lipinski definition) is 2. The van der Waals surface area contributed by atoms with E-state index in [1.54, 1.807) is 36.5 Å². The Labute approximate surface area is 92.2 Å². The highest BCUT2D eigenvalue weighted by atomic mass is 19.1. The molecule has 0 fully saturated rings. The molecule has 0 atom stereocenters. The van der Waals surface area contributed by atoms with E-state index in [1.165, 1.54) is 12.1 Å². The molecule has 0 radical (unpaired) electrons. The van der Waals surface area contributed by atoms with Crippen molar-refractivity contribution in [2.45, 2.75) is 0 Å². The van der Waals surface area contributed by atoms with Gasteiger partial charge in [0.05, 0.1) is 17.6 Å². The van der Waals surface area contributed by atoms with Gasteiger partial charge in [0.2, 0.25) is 0 Å². The summed E-state index contributed by atoms with van der Waals surface area (Å²) < 4.78 is 26.2. The number of pyridine rings is 1. The Bertz CT molecular complexity index is 486. The minimum atomic E-state index is -0.591. The number of anilines is 2. The summed E-state index contributed by atoms with van der Waals surface area (Å²) in [5.41, 5.74) is 1.06. The average molecular weight is 220 g/mol. The maximum absolute atomic E-state index is 13.5. The van der Waals surface area contributed by atoms with Crippen LogP contribution in [0.25, 0.3) is 0 Å². The molecule has 0 unspecified atom stereocenters. The van der Waals surface area contributed by atoms with Crippen molar-refractivity contribution in [3.05, 3.63) is 54.4 Å². The van der Waals surface area contributed by atoms with Gasteiger partial charge in [-0.2, -0.15) is 0 Å². The molecule has 0 saturated carbocycles. The van der Waals surface area contributed by atoms with Gasteiger partial charge in [0.1, 0.15) is 11.6 Å². The van der Waals surface area contributed by atoms with E-state index in [9.17, 15) is 8.78 Å². The summed E-state index contributed by atoms with van der Waals surface area (Å²) in [6.07, 6.45) is 3.25. The van der Waals surface area contributed by atoms with Gasteiger partial charge in [-0.15, -0.1) is 0 Å². The van der Waals surface area contributed by atoms with Crippen LogP contribution in [0.1, 0.15) is 0 Å². The van der Waals surface area contributed by atoms with Crippen LogP contribution in [0.3, 0.4) is 0 Å². The Hall–Kier alpha value is -1.97. The Morgan fingerprint density at radius 1 is 1.19 bits per heavy atom. The predicted octanol–water partition coefficient (Wildman–Crippen LogP) is 3.13. The van der Waals surface area contributed by atoms with Crippen molar-refractivity contribution in [3.63, 3.8) is 0 Å². The van der Waals surface area contributed by atoms with Gasteiger partial charge in [-0.3, -0.25) is 4.98 Å². The van der Waals surface area contributed by atoms with Crippen LogP contribution in [0.4, 0.5) is 20.2 Å². The number of hydrogen-bond donors (Lipinski definition) is 0. The van der Waals surface area contributed by atoms with Gasteiger partial charge in [0, 0.05) is 19.3 Å². The van der Waals surface area contributed by atoms with Gasteiger partial charge in [-0.05, 0) is 24.3 Å². The third-order valence-corrected chi connectivity index (χ3v) is 2.30. The monoisotopic (exact) mass is 220 g/mol. The van der Waals surface area contributed by atoms with Crippen LogP contribution < -0.4 is 4.90 Å². The third kappa shape index (κ3) is 2.00. The van der Waals surface area contributed by atoms with E-state index in [2.05, 4.69) is 4.98 Å². The maximum atomic E-state index is 13.5. The van der Waals surface area contributed by atoms with Crippen molar-refractivity contribution in [2.24, 2.45) is 0 Å². The van der Waals surface area contributed by atoms with E-state index in [4.69, 9.17) is 0 Å². The van der Waals surface area contributed by atoms with Gasteiger partial charge in [-0.25, -0.2) is 8.78 Å². The van der Waals surface area contributed by atoms with Crippen molar-refractivity contribution in [1.29, 1.82) is 0 Å². The Kier molecular flexibility index (Phi) is 2.81. The van der Waals surface area contributed by atoms with E-state index < -0.39 is 11.6 Å². The number of benzene rings is 1. The summed E-state index contributed by atoms with van der Waals surface area (Å²) >= 11 is 0. The highest BCUT2D eigenvalue weighted by molar-refractivity contribution is 5.61. The van der Waals surface area contributed by atoms with Crippen LogP contribution in [-0.4, -0.2) is 12.0 Å². The SMILES string of the molecule is CN(c1cccnc1)c1ccc(F)cc1F. The van der Waals surface area contributed by atoms with E-state index >= 15 is 0 Å². The van der Waals surface area contributed by atoms with Crippen molar-refractivity contribution in [1.82, 2.24) is 4.98 Å². The summed E-state index contributed by atoms with van der Waals surface area (Å²) in [7, 11) is 1.70. The second kappa shape index (κ2) is 4.26. The zero-order chi connectivity index (χ0) is 11.5. The third-order valence-electron chi connectivity index (χ3n) is 2.30. The Morgan fingerprint density at radius 3 is 2.62 bits per heavy atom. The maximum Gasteiger partial charge on any atom is 0.149 e. The van der Waals surface area contributed by atoms with Gasteiger partial charge >= 0.3 is 0 Å². The smallest absolute Gasteiger partial charge is 0.149 e. The molecule has 0 aliphatic heterocycles. The molecule has 2 nitrogen and oxygen atoms in total. The van der Waals surface area contributed by atoms with Crippen LogP contribution in [-0.2, 0) is 0 Å². The molecule has 0 saturated heterocycles. The van der Waals surface area contributed by atoms with Gasteiger partial charge in [0.15, 0.2) is 0 Å². The average Bonchev–Trinajstić information content (AvgIpc) is 2.29. The molecule has 16 heavy (non-hydrogen) atoms. The number of rotatable bonds is 2. The minimum Gasteiger partial charge on any atom is -0.341 e. The van der Waals surface area contributed by atoms with Crippen LogP contribution in [0, 0.1) is 11.6 Å². The molecule has 82 valence electrons. The first-order valence-electron chi connectivity index (χ1n) is 4.77. The molecule has 1 aromatic carbocycles. The summed E-state index contributed by atoms with van der Waals surface area (Å²) in [6, 6.07) is 7.05. The fourth-order valence-electron chi connectivity index (χ4n) is 1.44. The number of aromatic nitrogens is 1. The molecule has 0 N–H and O–H groups in total. The van der Waals surface area contributed by atoms with Crippen LogP contribution in [0.2, 0.25) is 0 Å². The van der Waals surface area contributed by atoms with E-state index in [1.807, 2.05) is 0 Å². The molecule has 0 bridgehead atoms. The summed E-state index contributed by atoms with van der Waals surface area (Å²) in [5.74, 6) is -1.17. The molecular weight excluding hydrogens is 210 g/mol. The van der Waals surface area contributed by atoms with E-state index in [0.717, 1.165) is 11.8 Å². The fourth-order valence-corrected chi connectivity index (χ4v) is 1.44. The van der Waals surface area contributed by atoms with Crippen molar-refractivity contribution < 1.29 is 8.78 Å². The number of nitrogens with zero attached hydrogens (tertiary/aromatic N) is 2. The molecular formula is C12H10F2N2. The first-order valence-corrected chi connectivity index (χ1v) is 4.77. The summed E-state index contributed by atoms with van der Waals surface area (Å²) in [6.45, 7) is 0. The molecule has 0 spiro atoms. The lowest BCUT2D eigenvalue weighted by Gasteiger charge is -2.19. The molecule has 2 rings (SSSR count). The lowest BCUT2D eigenvalue weighted by Crippen LogP contribution is -2.11. The summed E-state index contributed by atoms with van der Waals surface area (Å²) in [5, 5.41) is 0.